The number of carboxylic acid groups (broad SMARTS) is 1. The number of rotatable bonds is 7. The van der Waals surface area contributed by atoms with Crippen LogP contribution < -0.4 is 10.6 Å². The number of carbonyl (C=O) groups excluding carboxylic acids is 1. The monoisotopic (exact) mass is 226 g/mol. The number of carbonyl (C=O) groups is 2. The quantitative estimate of drug-likeness (QED) is 0.447. The summed E-state index contributed by atoms with van der Waals surface area (Å²) in [6.07, 6.45) is 7.47. The Balaban J connectivity index is 3.35. The Kier molecular flexibility index (Phi) is 7.68. The summed E-state index contributed by atoms with van der Waals surface area (Å²) >= 11 is 0. The molecule has 2 amide bonds. The van der Waals surface area contributed by atoms with Crippen molar-refractivity contribution in [1.29, 1.82) is 0 Å². The van der Waals surface area contributed by atoms with Crippen LogP contribution in [0, 0.1) is 12.3 Å². The van der Waals surface area contributed by atoms with E-state index in [0.717, 1.165) is 12.8 Å². The molecule has 16 heavy (non-hydrogen) atoms. The Labute approximate surface area is 95.6 Å². The lowest BCUT2D eigenvalue weighted by Gasteiger charge is -2.09. The molecule has 0 aromatic heterocycles. The van der Waals surface area contributed by atoms with Gasteiger partial charge in [0.15, 0.2) is 0 Å². The Hall–Kier alpha value is -1.70. The minimum absolute atomic E-state index is 0.181. The zero-order valence-electron chi connectivity index (χ0n) is 9.45. The predicted molar refractivity (Wildman–Crippen MR) is 60.9 cm³/mol. The second kappa shape index (κ2) is 8.60. The summed E-state index contributed by atoms with van der Waals surface area (Å²) in [6, 6.07) is -0.573. The summed E-state index contributed by atoms with van der Waals surface area (Å²) < 4.78 is 0. The van der Waals surface area contributed by atoms with Crippen molar-refractivity contribution in [2.24, 2.45) is 0 Å². The van der Waals surface area contributed by atoms with Gasteiger partial charge in [-0.25, -0.2) is 4.79 Å². The molecule has 1 unspecified atom stereocenters. The third-order valence-electron chi connectivity index (χ3n) is 1.95. The lowest BCUT2D eigenvalue weighted by molar-refractivity contribution is -0.137. The Morgan fingerprint density at radius 3 is 2.62 bits per heavy atom. The largest absolute Gasteiger partial charge is 0.481 e. The van der Waals surface area contributed by atoms with E-state index >= 15 is 0 Å². The maximum absolute atomic E-state index is 11.1. The van der Waals surface area contributed by atoms with Crippen LogP contribution in [-0.4, -0.2) is 29.7 Å². The molecule has 90 valence electrons. The van der Waals surface area contributed by atoms with E-state index in [1.165, 1.54) is 0 Å². The number of nitrogens with one attached hydrogen (secondary N) is 2. The highest BCUT2D eigenvalue weighted by atomic mass is 16.4. The molecular weight excluding hydrogens is 208 g/mol. The van der Waals surface area contributed by atoms with E-state index in [1.807, 2.05) is 0 Å². The van der Waals surface area contributed by atoms with E-state index in [1.54, 1.807) is 6.92 Å². The number of carboxylic acids is 1. The van der Waals surface area contributed by atoms with Crippen LogP contribution >= 0.6 is 0 Å². The van der Waals surface area contributed by atoms with Gasteiger partial charge in [-0.1, -0.05) is 12.3 Å². The number of aliphatic carboxylic acids is 1. The van der Waals surface area contributed by atoms with E-state index in [2.05, 4.69) is 16.6 Å². The van der Waals surface area contributed by atoms with Crippen LogP contribution in [0.4, 0.5) is 4.79 Å². The number of urea groups is 1. The second-order valence-corrected chi connectivity index (χ2v) is 3.49. The van der Waals surface area contributed by atoms with E-state index in [9.17, 15) is 9.59 Å². The van der Waals surface area contributed by atoms with Crippen molar-refractivity contribution in [1.82, 2.24) is 10.6 Å². The number of hydrogen-bond donors (Lipinski definition) is 3. The van der Waals surface area contributed by atoms with Crippen molar-refractivity contribution in [2.75, 3.05) is 6.54 Å². The van der Waals surface area contributed by atoms with Gasteiger partial charge in [-0.3, -0.25) is 4.79 Å². The fourth-order valence-electron chi connectivity index (χ4n) is 1.07. The molecule has 0 aliphatic heterocycles. The van der Waals surface area contributed by atoms with Gasteiger partial charge < -0.3 is 15.7 Å². The van der Waals surface area contributed by atoms with E-state index in [-0.39, 0.29) is 18.5 Å². The molecular formula is C11H18N2O3. The SMILES string of the molecule is C#CC(C)NC(=O)NCCCCCC(=O)O. The fraction of sp³-hybridized carbons (Fsp3) is 0.636. The van der Waals surface area contributed by atoms with Crippen LogP contribution in [0.5, 0.6) is 0 Å². The zero-order chi connectivity index (χ0) is 12.4. The number of hydrogen-bond acceptors (Lipinski definition) is 2. The summed E-state index contributed by atoms with van der Waals surface area (Å²) in [7, 11) is 0. The number of amides is 2. The lowest BCUT2D eigenvalue weighted by atomic mass is 10.2. The van der Waals surface area contributed by atoms with E-state index in [4.69, 9.17) is 11.5 Å². The molecule has 0 heterocycles. The molecule has 0 aliphatic carbocycles. The summed E-state index contributed by atoms with van der Waals surface area (Å²) in [4.78, 5) is 21.3. The van der Waals surface area contributed by atoms with Crippen LogP contribution in [0.25, 0.3) is 0 Å². The van der Waals surface area contributed by atoms with Crippen LogP contribution in [0.3, 0.4) is 0 Å². The number of terminal acetylenes is 1. The van der Waals surface area contributed by atoms with Gasteiger partial charge in [-0.15, -0.1) is 6.42 Å². The molecule has 0 aliphatic rings. The maximum Gasteiger partial charge on any atom is 0.315 e. The van der Waals surface area contributed by atoms with Crippen LogP contribution in [0.2, 0.25) is 0 Å². The van der Waals surface area contributed by atoms with Crippen molar-refractivity contribution in [3.05, 3.63) is 0 Å². The molecule has 0 fully saturated rings. The maximum atomic E-state index is 11.1. The Bertz CT molecular complexity index is 271. The third-order valence-corrected chi connectivity index (χ3v) is 1.95. The summed E-state index contributed by atoms with van der Waals surface area (Å²) in [5.74, 6) is 1.60. The van der Waals surface area contributed by atoms with Crippen molar-refractivity contribution in [2.45, 2.75) is 38.6 Å². The molecule has 0 spiro atoms. The van der Waals surface area contributed by atoms with Crippen LogP contribution in [0.1, 0.15) is 32.6 Å². The zero-order valence-corrected chi connectivity index (χ0v) is 9.45. The van der Waals surface area contributed by atoms with E-state index < -0.39 is 5.97 Å². The topological polar surface area (TPSA) is 78.4 Å². The van der Waals surface area contributed by atoms with Gasteiger partial charge in [0, 0.05) is 13.0 Å². The van der Waals surface area contributed by atoms with Gasteiger partial charge in [0.25, 0.3) is 0 Å². The van der Waals surface area contributed by atoms with E-state index in [0.29, 0.717) is 13.0 Å². The lowest BCUT2D eigenvalue weighted by Crippen LogP contribution is -2.40. The molecule has 5 heteroatoms. The van der Waals surface area contributed by atoms with Gasteiger partial charge in [0.1, 0.15) is 0 Å². The summed E-state index contributed by atoms with van der Waals surface area (Å²) in [5, 5.41) is 13.6. The fourth-order valence-corrected chi connectivity index (χ4v) is 1.07. The molecule has 0 rings (SSSR count). The molecule has 0 bridgehead atoms. The van der Waals surface area contributed by atoms with Gasteiger partial charge in [-0.05, 0) is 19.8 Å². The first-order chi connectivity index (χ1) is 7.56. The smallest absolute Gasteiger partial charge is 0.315 e. The first-order valence-electron chi connectivity index (χ1n) is 5.28. The minimum atomic E-state index is -0.784. The summed E-state index contributed by atoms with van der Waals surface area (Å²) in [6.45, 7) is 2.25. The molecule has 0 aromatic rings. The van der Waals surface area contributed by atoms with Crippen LogP contribution in [-0.2, 0) is 4.79 Å². The predicted octanol–water partition coefficient (Wildman–Crippen LogP) is 0.952. The standard InChI is InChI=1S/C11H18N2O3/c1-3-9(2)13-11(16)12-8-6-4-5-7-10(14)15/h1,9H,4-8H2,2H3,(H,14,15)(H2,12,13,16). The first kappa shape index (κ1) is 14.3. The molecule has 0 saturated heterocycles. The third kappa shape index (κ3) is 8.88. The van der Waals surface area contributed by atoms with Gasteiger partial charge in [-0.2, -0.15) is 0 Å². The van der Waals surface area contributed by atoms with Crippen molar-refractivity contribution >= 4 is 12.0 Å². The van der Waals surface area contributed by atoms with Crippen LogP contribution in [0.15, 0.2) is 0 Å². The van der Waals surface area contributed by atoms with Crippen molar-refractivity contribution < 1.29 is 14.7 Å². The van der Waals surface area contributed by atoms with Gasteiger partial charge >= 0.3 is 12.0 Å². The van der Waals surface area contributed by atoms with Crippen molar-refractivity contribution in [3.63, 3.8) is 0 Å². The van der Waals surface area contributed by atoms with Gasteiger partial charge in [0.2, 0.25) is 0 Å². The van der Waals surface area contributed by atoms with Gasteiger partial charge in [0.05, 0.1) is 6.04 Å². The highest BCUT2D eigenvalue weighted by molar-refractivity contribution is 5.74. The molecule has 1 atom stereocenters. The average Bonchev–Trinajstić information content (AvgIpc) is 2.22. The molecule has 5 nitrogen and oxygen atoms in total. The number of unbranched alkanes of at least 4 members (excludes halogenated alkanes) is 2. The average molecular weight is 226 g/mol. The molecule has 0 radical (unpaired) electrons. The first-order valence-corrected chi connectivity index (χ1v) is 5.28. The Morgan fingerprint density at radius 1 is 1.38 bits per heavy atom. The normalized spacial score (nSPS) is 11.2. The molecule has 0 aromatic carbocycles. The second-order valence-electron chi connectivity index (χ2n) is 3.49. The highest BCUT2D eigenvalue weighted by Gasteiger charge is 2.02. The van der Waals surface area contributed by atoms with Crippen molar-refractivity contribution in [3.8, 4) is 12.3 Å². The molecule has 3 N–H and O–H groups in total. The molecule has 0 saturated carbocycles. The summed E-state index contributed by atoms with van der Waals surface area (Å²) in [5.41, 5.74) is 0. The highest BCUT2D eigenvalue weighted by Crippen LogP contribution is 1.98. The minimum Gasteiger partial charge on any atom is -0.481 e. The Morgan fingerprint density at radius 2 is 2.06 bits per heavy atom.